The van der Waals surface area contributed by atoms with Crippen LogP contribution in [0.3, 0.4) is 0 Å². The zero-order chi connectivity index (χ0) is 17.6. The highest BCUT2D eigenvalue weighted by atomic mass is 16.3. The molecule has 1 saturated heterocycles. The van der Waals surface area contributed by atoms with E-state index in [-0.39, 0.29) is 29.9 Å². The van der Waals surface area contributed by atoms with E-state index >= 15 is 0 Å². The maximum atomic E-state index is 12.5. The predicted octanol–water partition coefficient (Wildman–Crippen LogP) is 2.81. The van der Waals surface area contributed by atoms with Gasteiger partial charge in [0.05, 0.1) is 12.3 Å². The summed E-state index contributed by atoms with van der Waals surface area (Å²) < 4.78 is 0. The standard InChI is InChI=1S/C20H22N2O3/c23-18-10-8-15(9-11-18)13-19(24)22-12-4-5-16(14-22)20(25)21-17-6-2-1-3-7-17/h1-3,6-11,16,23H,4-5,12-14H2,(H,21,25). The summed E-state index contributed by atoms with van der Waals surface area (Å²) in [5, 5.41) is 12.2. The zero-order valence-electron chi connectivity index (χ0n) is 14.0. The van der Waals surface area contributed by atoms with Crippen LogP contribution in [0.15, 0.2) is 54.6 Å². The fraction of sp³-hybridized carbons (Fsp3) is 0.300. The van der Waals surface area contributed by atoms with E-state index in [0.717, 1.165) is 24.1 Å². The molecule has 25 heavy (non-hydrogen) atoms. The molecule has 1 heterocycles. The van der Waals surface area contributed by atoms with E-state index in [2.05, 4.69) is 5.32 Å². The normalized spacial score (nSPS) is 17.1. The number of phenolic OH excluding ortho intramolecular Hbond substituents is 1. The lowest BCUT2D eigenvalue weighted by Gasteiger charge is -2.32. The minimum absolute atomic E-state index is 0.0166. The molecule has 2 N–H and O–H groups in total. The van der Waals surface area contributed by atoms with E-state index in [4.69, 9.17) is 0 Å². The van der Waals surface area contributed by atoms with Crippen molar-refractivity contribution in [2.45, 2.75) is 19.3 Å². The van der Waals surface area contributed by atoms with Crippen molar-refractivity contribution in [1.82, 2.24) is 4.90 Å². The lowest BCUT2D eigenvalue weighted by atomic mass is 9.96. The van der Waals surface area contributed by atoms with Crippen molar-refractivity contribution in [3.8, 4) is 5.75 Å². The number of benzene rings is 2. The number of nitrogens with zero attached hydrogens (tertiary/aromatic N) is 1. The largest absolute Gasteiger partial charge is 0.508 e. The van der Waals surface area contributed by atoms with E-state index in [0.29, 0.717) is 13.1 Å². The monoisotopic (exact) mass is 338 g/mol. The van der Waals surface area contributed by atoms with Crippen LogP contribution >= 0.6 is 0 Å². The second-order valence-electron chi connectivity index (χ2n) is 6.38. The van der Waals surface area contributed by atoms with Crippen LogP contribution in [0.1, 0.15) is 18.4 Å². The molecule has 1 unspecified atom stereocenters. The molecule has 0 saturated carbocycles. The molecule has 0 radical (unpaired) electrons. The molecule has 5 heteroatoms. The predicted molar refractivity (Wildman–Crippen MR) is 96.2 cm³/mol. The SMILES string of the molecule is O=C(Nc1ccccc1)C1CCCN(C(=O)Cc2ccc(O)cc2)C1. The molecule has 2 amide bonds. The third-order valence-corrected chi connectivity index (χ3v) is 4.48. The van der Waals surface area contributed by atoms with Gasteiger partial charge in [-0.3, -0.25) is 9.59 Å². The molecule has 2 aromatic rings. The van der Waals surface area contributed by atoms with Gasteiger partial charge in [0.15, 0.2) is 0 Å². The highest BCUT2D eigenvalue weighted by Gasteiger charge is 2.28. The Labute approximate surface area is 147 Å². The molecule has 3 rings (SSSR count). The molecular formula is C20H22N2O3. The minimum atomic E-state index is -0.183. The highest BCUT2D eigenvalue weighted by molar-refractivity contribution is 5.93. The molecular weight excluding hydrogens is 316 g/mol. The first-order chi connectivity index (χ1) is 12.1. The summed E-state index contributed by atoms with van der Waals surface area (Å²) in [4.78, 5) is 26.7. The molecule has 0 aliphatic carbocycles. The van der Waals surface area contributed by atoms with Crippen LogP contribution in [0.4, 0.5) is 5.69 Å². The van der Waals surface area contributed by atoms with Crippen molar-refractivity contribution in [3.63, 3.8) is 0 Å². The molecule has 5 nitrogen and oxygen atoms in total. The number of carbonyl (C=O) groups excluding carboxylic acids is 2. The minimum Gasteiger partial charge on any atom is -0.508 e. The van der Waals surface area contributed by atoms with Gasteiger partial charge in [0, 0.05) is 18.8 Å². The Kier molecular flexibility index (Phi) is 5.33. The van der Waals surface area contributed by atoms with Gasteiger partial charge in [-0.15, -0.1) is 0 Å². The summed E-state index contributed by atoms with van der Waals surface area (Å²) in [7, 11) is 0. The summed E-state index contributed by atoms with van der Waals surface area (Å²) in [6.07, 6.45) is 1.91. The summed E-state index contributed by atoms with van der Waals surface area (Å²) in [6, 6.07) is 16.0. The lowest BCUT2D eigenvalue weighted by molar-refractivity contribution is -0.133. The van der Waals surface area contributed by atoms with Crippen molar-refractivity contribution >= 4 is 17.5 Å². The summed E-state index contributed by atoms with van der Waals surface area (Å²) in [6.45, 7) is 1.14. The van der Waals surface area contributed by atoms with Gasteiger partial charge in [-0.25, -0.2) is 0 Å². The van der Waals surface area contributed by atoms with Gasteiger partial charge in [-0.05, 0) is 42.7 Å². The Morgan fingerprint density at radius 3 is 2.52 bits per heavy atom. The van der Waals surface area contributed by atoms with E-state index < -0.39 is 0 Å². The Hall–Kier alpha value is -2.82. The number of amides is 2. The van der Waals surface area contributed by atoms with Gasteiger partial charge in [0.2, 0.25) is 11.8 Å². The molecule has 1 aliphatic heterocycles. The van der Waals surface area contributed by atoms with Crippen molar-refractivity contribution in [2.24, 2.45) is 5.92 Å². The number of para-hydroxylation sites is 1. The number of hydrogen-bond acceptors (Lipinski definition) is 3. The third-order valence-electron chi connectivity index (χ3n) is 4.48. The quantitative estimate of drug-likeness (QED) is 0.901. The van der Waals surface area contributed by atoms with Gasteiger partial charge in [0.1, 0.15) is 5.75 Å². The molecule has 1 aliphatic rings. The van der Waals surface area contributed by atoms with Crippen LogP contribution < -0.4 is 5.32 Å². The van der Waals surface area contributed by atoms with E-state index in [1.54, 1.807) is 29.2 Å². The molecule has 130 valence electrons. The van der Waals surface area contributed by atoms with Crippen LogP contribution in [0, 0.1) is 5.92 Å². The number of phenols is 1. The van der Waals surface area contributed by atoms with E-state index in [9.17, 15) is 14.7 Å². The van der Waals surface area contributed by atoms with Gasteiger partial charge in [0.25, 0.3) is 0 Å². The van der Waals surface area contributed by atoms with Gasteiger partial charge >= 0.3 is 0 Å². The first kappa shape index (κ1) is 17.0. The third kappa shape index (κ3) is 4.59. The smallest absolute Gasteiger partial charge is 0.229 e. The van der Waals surface area contributed by atoms with E-state index in [1.165, 1.54) is 0 Å². The van der Waals surface area contributed by atoms with Crippen molar-refractivity contribution in [1.29, 1.82) is 0 Å². The Morgan fingerprint density at radius 2 is 1.80 bits per heavy atom. The molecule has 0 aromatic heterocycles. The Bertz CT molecular complexity index is 728. The average Bonchev–Trinajstić information content (AvgIpc) is 2.64. The molecule has 1 fully saturated rings. The average molecular weight is 338 g/mol. The van der Waals surface area contributed by atoms with Gasteiger partial charge < -0.3 is 15.3 Å². The van der Waals surface area contributed by atoms with Crippen LogP contribution in [0.5, 0.6) is 5.75 Å². The lowest BCUT2D eigenvalue weighted by Crippen LogP contribution is -2.44. The Morgan fingerprint density at radius 1 is 1.08 bits per heavy atom. The number of aromatic hydroxyl groups is 1. The van der Waals surface area contributed by atoms with E-state index in [1.807, 2.05) is 30.3 Å². The summed E-state index contributed by atoms with van der Waals surface area (Å²) >= 11 is 0. The number of hydrogen-bond donors (Lipinski definition) is 2. The second-order valence-corrected chi connectivity index (χ2v) is 6.38. The van der Waals surface area contributed by atoms with Crippen LogP contribution in [-0.4, -0.2) is 34.9 Å². The van der Waals surface area contributed by atoms with Crippen molar-refractivity contribution in [3.05, 3.63) is 60.2 Å². The fourth-order valence-electron chi connectivity index (χ4n) is 3.08. The maximum absolute atomic E-state index is 12.5. The zero-order valence-corrected chi connectivity index (χ0v) is 14.0. The van der Waals surface area contributed by atoms with Crippen LogP contribution in [0.2, 0.25) is 0 Å². The number of piperidine rings is 1. The fourth-order valence-corrected chi connectivity index (χ4v) is 3.08. The molecule has 1 atom stereocenters. The number of nitrogens with one attached hydrogen (secondary N) is 1. The van der Waals surface area contributed by atoms with Crippen LogP contribution in [-0.2, 0) is 16.0 Å². The highest BCUT2D eigenvalue weighted by Crippen LogP contribution is 2.20. The molecule has 2 aromatic carbocycles. The Balaban J connectivity index is 1.57. The molecule has 0 spiro atoms. The molecule has 0 bridgehead atoms. The first-order valence-corrected chi connectivity index (χ1v) is 8.53. The van der Waals surface area contributed by atoms with Gasteiger partial charge in [-0.2, -0.15) is 0 Å². The summed E-state index contributed by atoms with van der Waals surface area (Å²) in [5.41, 5.74) is 1.64. The number of rotatable bonds is 4. The maximum Gasteiger partial charge on any atom is 0.229 e. The van der Waals surface area contributed by atoms with Gasteiger partial charge in [-0.1, -0.05) is 30.3 Å². The summed E-state index contributed by atoms with van der Waals surface area (Å²) in [5.74, 6) is -0.0132. The number of anilines is 1. The topological polar surface area (TPSA) is 69.6 Å². The second kappa shape index (κ2) is 7.83. The first-order valence-electron chi connectivity index (χ1n) is 8.53. The number of carbonyl (C=O) groups is 2. The number of likely N-dealkylation sites (tertiary alicyclic amines) is 1. The van der Waals surface area contributed by atoms with Crippen molar-refractivity contribution < 1.29 is 14.7 Å². The van der Waals surface area contributed by atoms with Crippen LogP contribution in [0.25, 0.3) is 0 Å². The van der Waals surface area contributed by atoms with Crippen molar-refractivity contribution in [2.75, 3.05) is 18.4 Å².